The van der Waals surface area contributed by atoms with Crippen LogP contribution in [0.1, 0.15) is 37.7 Å². The number of nitrogens with one attached hydrogen (secondary N) is 1. The molecule has 0 saturated carbocycles. The standard InChI is InChI=1S/C16H23NO3/c18-16(19)9-12-20-15-7-5-14(6-8-15)13-17-10-3-1-2-4-11-17/h5-8H,1-4,9-13H2,(H,18,19). The SMILES string of the molecule is O=C([O-])CCOc1ccc(C[NH+]2CCCCCC2)cc1. The Balaban J connectivity index is 1.79. The molecule has 1 N–H and O–H groups in total. The first kappa shape index (κ1) is 14.9. The van der Waals surface area contributed by atoms with Crippen LogP contribution in [0.4, 0.5) is 0 Å². The minimum Gasteiger partial charge on any atom is -0.550 e. The Morgan fingerprint density at radius 2 is 1.75 bits per heavy atom. The van der Waals surface area contributed by atoms with Crippen molar-refractivity contribution in [3.8, 4) is 5.75 Å². The molecule has 0 bridgehead atoms. The first-order valence-corrected chi connectivity index (χ1v) is 7.49. The maximum absolute atomic E-state index is 10.3. The van der Waals surface area contributed by atoms with Crippen LogP contribution in [0, 0.1) is 0 Å². The van der Waals surface area contributed by atoms with Crippen molar-refractivity contribution in [1.82, 2.24) is 0 Å². The molecule has 1 aromatic rings. The molecule has 0 radical (unpaired) electrons. The average Bonchev–Trinajstić information content (AvgIpc) is 2.69. The van der Waals surface area contributed by atoms with Crippen molar-refractivity contribution >= 4 is 5.97 Å². The van der Waals surface area contributed by atoms with Gasteiger partial charge in [-0.2, -0.15) is 0 Å². The van der Waals surface area contributed by atoms with Gasteiger partial charge in [0.15, 0.2) is 0 Å². The maximum Gasteiger partial charge on any atom is 0.119 e. The molecule has 1 saturated heterocycles. The highest BCUT2D eigenvalue weighted by Crippen LogP contribution is 2.12. The number of likely N-dealkylation sites (tertiary alicyclic amines) is 1. The molecule has 1 fully saturated rings. The number of carbonyl (C=O) groups excluding carboxylic acids is 1. The fraction of sp³-hybridized carbons (Fsp3) is 0.562. The van der Waals surface area contributed by atoms with Gasteiger partial charge in [0.05, 0.1) is 19.7 Å². The number of carboxylic acids is 1. The Hall–Kier alpha value is -1.55. The topological polar surface area (TPSA) is 53.8 Å². The van der Waals surface area contributed by atoms with Crippen LogP contribution >= 0.6 is 0 Å². The van der Waals surface area contributed by atoms with Crippen LogP contribution in [0.3, 0.4) is 0 Å². The van der Waals surface area contributed by atoms with Gasteiger partial charge < -0.3 is 19.5 Å². The largest absolute Gasteiger partial charge is 0.550 e. The van der Waals surface area contributed by atoms with Gasteiger partial charge in [0.25, 0.3) is 0 Å². The third-order valence-electron chi connectivity index (χ3n) is 3.76. The second-order valence-electron chi connectivity index (χ2n) is 5.46. The van der Waals surface area contributed by atoms with Gasteiger partial charge in [-0.1, -0.05) is 0 Å². The van der Waals surface area contributed by atoms with Crippen LogP contribution in [0.15, 0.2) is 24.3 Å². The third kappa shape index (κ3) is 5.21. The molecule has 0 aliphatic carbocycles. The second kappa shape index (κ2) is 7.90. The van der Waals surface area contributed by atoms with Crippen molar-refractivity contribution in [2.24, 2.45) is 0 Å². The molecule has 0 spiro atoms. The van der Waals surface area contributed by atoms with Gasteiger partial charge in [-0.15, -0.1) is 0 Å². The number of aliphatic carboxylic acids is 1. The van der Waals surface area contributed by atoms with Crippen molar-refractivity contribution < 1.29 is 19.5 Å². The van der Waals surface area contributed by atoms with E-state index in [2.05, 4.69) is 12.1 Å². The Labute approximate surface area is 120 Å². The van der Waals surface area contributed by atoms with Crippen molar-refractivity contribution in [2.45, 2.75) is 38.6 Å². The number of rotatable bonds is 6. The van der Waals surface area contributed by atoms with E-state index in [-0.39, 0.29) is 13.0 Å². The van der Waals surface area contributed by atoms with Crippen LogP contribution in [-0.2, 0) is 11.3 Å². The maximum atomic E-state index is 10.3. The van der Waals surface area contributed by atoms with Crippen molar-refractivity contribution in [3.05, 3.63) is 29.8 Å². The Kier molecular flexibility index (Phi) is 5.87. The fourth-order valence-corrected chi connectivity index (χ4v) is 2.65. The molecule has 1 aliphatic heterocycles. The molecule has 4 nitrogen and oxygen atoms in total. The Morgan fingerprint density at radius 3 is 2.35 bits per heavy atom. The number of hydrogen-bond acceptors (Lipinski definition) is 3. The summed E-state index contributed by atoms with van der Waals surface area (Å²) in [7, 11) is 0. The lowest BCUT2D eigenvalue weighted by Gasteiger charge is -2.17. The molecule has 4 heteroatoms. The number of benzene rings is 1. The molecule has 1 heterocycles. The van der Waals surface area contributed by atoms with E-state index < -0.39 is 5.97 Å². The van der Waals surface area contributed by atoms with Crippen LogP contribution in [0.2, 0.25) is 0 Å². The van der Waals surface area contributed by atoms with E-state index in [1.54, 1.807) is 4.90 Å². The summed E-state index contributed by atoms with van der Waals surface area (Å²) >= 11 is 0. The molecule has 1 aromatic carbocycles. The van der Waals surface area contributed by atoms with Crippen molar-refractivity contribution in [3.63, 3.8) is 0 Å². The van der Waals surface area contributed by atoms with E-state index in [0.717, 1.165) is 12.3 Å². The van der Waals surface area contributed by atoms with Gasteiger partial charge in [0.1, 0.15) is 12.3 Å². The molecule has 20 heavy (non-hydrogen) atoms. The van der Waals surface area contributed by atoms with E-state index in [1.807, 2.05) is 12.1 Å². The van der Waals surface area contributed by atoms with Gasteiger partial charge in [0, 0.05) is 18.0 Å². The highest BCUT2D eigenvalue weighted by molar-refractivity contribution is 5.64. The first-order chi connectivity index (χ1) is 9.74. The van der Waals surface area contributed by atoms with E-state index in [4.69, 9.17) is 4.74 Å². The quantitative estimate of drug-likeness (QED) is 0.806. The lowest BCUT2D eigenvalue weighted by molar-refractivity contribution is -0.913. The normalized spacial score (nSPS) is 16.6. The average molecular weight is 277 g/mol. The number of hydrogen-bond donors (Lipinski definition) is 1. The summed E-state index contributed by atoms with van der Waals surface area (Å²) in [4.78, 5) is 12.0. The van der Waals surface area contributed by atoms with Gasteiger partial charge in [-0.05, 0) is 49.9 Å². The van der Waals surface area contributed by atoms with E-state index in [0.29, 0.717) is 0 Å². The van der Waals surface area contributed by atoms with Crippen molar-refractivity contribution in [2.75, 3.05) is 19.7 Å². The van der Waals surface area contributed by atoms with Crippen LogP contribution < -0.4 is 14.7 Å². The van der Waals surface area contributed by atoms with Crippen LogP contribution in [0.5, 0.6) is 5.75 Å². The molecule has 0 aromatic heterocycles. The lowest BCUT2D eigenvalue weighted by Crippen LogP contribution is -3.10. The molecule has 110 valence electrons. The second-order valence-corrected chi connectivity index (χ2v) is 5.46. The molecule has 1 aliphatic rings. The van der Waals surface area contributed by atoms with Crippen molar-refractivity contribution in [1.29, 1.82) is 0 Å². The summed E-state index contributed by atoms with van der Waals surface area (Å²) in [6.45, 7) is 3.77. The number of carboxylic acid groups (broad SMARTS) is 1. The lowest BCUT2D eigenvalue weighted by atomic mass is 10.2. The minimum atomic E-state index is -1.08. The molecular weight excluding hydrogens is 254 g/mol. The summed E-state index contributed by atoms with van der Waals surface area (Å²) in [6.07, 6.45) is 5.34. The monoisotopic (exact) mass is 277 g/mol. The summed E-state index contributed by atoms with van der Waals surface area (Å²) in [5, 5.41) is 10.3. The third-order valence-corrected chi connectivity index (χ3v) is 3.76. The molecule has 2 rings (SSSR count). The van der Waals surface area contributed by atoms with E-state index in [9.17, 15) is 9.90 Å². The van der Waals surface area contributed by atoms with Gasteiger partial charge in [-0.3, -0.25) is 0 Å². The number of ether oxygens (including phenoxy) is 1. The number of quaternary nitrogens is 1. The molecular formula is C16H23NO3. The first-order valence-electron chi connectivity index (χ1n) is 7.49. The van der Waals surface area contributed by atoms with E-state index in [1.165, 1.54) is 44.3 Å². The predicted octanol–water partition coefficient (Wildman–Crippen LogP) is 0.164. The van der Waals surface area contributed by atoms with E-state index >= 15 is 0 Å². The molecule has 0 atom stereocenters. The van der Waals surface area contributed by atoms with Gasteiger partial charge >= 0.3 is 0 Å². The van der Waals surface area contributed by atoms with Crippen LogP contribution in [0.25, 0.3) is 0 Å². The highest BCUT2D eigenvalue weighted by atomic mass is 16.5. The zero-order chi connectivity index (χ0) is 14.2. The smallest absolute Gasteiger partial charge is 0.119 e. The van der Waals surface area contributed by atoms with Gasteiger partial charge in [0.2, 0.25) is 0 Å². The molecule has 0 amide bonds. The zero-order valence-corrected chi connectivity index (χ0v) is 11.9. The summed E-state index contributed by atoms with van der Waals surface area (Å²) < 4.78 is 5.35. The predicted molar refractivity (Wildman–Crippen MR) is 74.4 cm³/mol. The number of carbonyl (C=O) groups is 1. The van der Waals surface area contributed by atoms with Gasteiger partial charge in [-0.25, -0.2) is 0 Å². The summed E-state index contributed by atoms with van der Waals surface area (Å²) in [6, 6.07) is 7.99. The minimum absolute atomic E-state index is 0.0698. The van der Waals surface area contributed by atoms with Crippen LogP contribution in [-0.4, -0.2) is 25.7 Å². The fourth-order valence-electron chi connectivity index (χ4n) is 2.65. The Bertz CT molecular complexity index is 408. The highest BCUT2D eigenvalue weighted by Gasteiger charge is 2.12. The zero-order valence-electron chi connectivity index (χ0n) is 11.9. The summed E-state index contributed by atoms with van der Waals surface area (Å²) in [5.41, 5.74) is 1.31. The molecule has 0 unspecified atom stereocenters. The Morgan fingerprint density at radius 1 is 1.10 bits per heavy atom. The summed E-state index contributed by atoms with van der Waals surface area (Å²) in [5.74, 6) is -0.354.